The van der Waals surface area contributed by atoms with E-state index in [1.165, 1.54) is 6.26 Å². The fourth-order valence-electron chi connectivity index (χ4n) is 1.94. The predicted octanol–water partition coefficient (Wildman–Crippen LogP) is 1.36. The second-order valence-electron chi connectivity index (χ2n) is 5.58. The molecule has 0 aliphatic heterocycles. The number of sulfone groups is 1. The van der Waals surface area contributed by atoms with Gasteiger partial charge in [-0.15, -0.1) is 0 Å². The van der Waals surface area contributed by atoms with Crippen LogP contribution in [0.4, 0.5) is 0 Å². The fraction of sp³-hybridized carbons (Fsp3) is 0.562. The van der Waals surface area contributed by atoms with Gasteiger partial charge in [0.25, 0.3) is 0 Å². The van der Waals surface area contributed by atoms with Crippen LogP contribution < -0.4 is 15.4 Å². The van der Waals surface area contributed by atoms with Gasteiger partial charge in [0.15, 0.2) is 5.96 Å². The van der Waals surface area contributed by atoms with Crippen molar-refractivity contribution in [2.45, 2.75) is 26.3 Å². The van der Waals surface area contributed by atoms with Crippen LogP contribution in [0.1, 0.15) is 18.9 Å². The van der Waals surface area contributed by atoms with Crippen molar-refractivity contribution in [3.05, 3.63) is 29.8 Å². The normalized spacial score (nSPS) is 13.5. The van der Waals surface area contributed by atoms with Crippen LogP contribution in [0.25, 0.3) is 0 Å². The Bertz CT molecular complexity index is 615. The number of ether oxygens (including phenoxy) is 1. The highest BCUT2D eigenvalue weighted by atomic mass is 32.2. The Morgan fingerprint density at radius 3 is 2.65 bits per heavy atom. The fourth-order valence-corrected chi connectivity index (χ4v) is 2.72. The predicted molar refractivity (Wildman–Crippen MR) is 95.0 cm³/mol. The molecule has 130 valence electrons. The molecule has 1 aromatic carbocycles. The van der Waals surface area contributed by atoms with E-state index >= 15 is 0 Å². The molecule has 0 fully saturated rings. The van der Waals surface area contributed by atoms with Gasteiger partial charge in [-0.05, 0) is 31.9 Å². The lowest BCUT2D eigenvalue weighted by Crippen LogP contribution is -2.44. The van der Waals surface area contributed by atoms with E-state index in [1.54, 1.807) is 7.05 Å². The third kappa shape index (κ3) is 8.44. The summed E-state index contributed by atoms with van der Waals surface area (Å²) in [5.41, 5.74) is 1.10. The number of nitrogens with one attached hydrogen (secondary N) is 2. The summed E-state index contributed by atoms with van der Waals surface area (Å²) in [6, 6.07) is 7.89. The van der Waals surface area contributed by atoms with Crippen LogP contribution in [0.3, 0.4) is 0 Å². The van der Waals surface area contributed by atoms with Gasteiger partial charge >= 0.3 is 0 Å². The average Bonchev–Trinajstić information content (AvgIpc) is 2.49. The van der Waals surface area contributed by atoms with E-state index in [9.17, 15) is 8.42 Å². The third-order valence-corrected chi connectivity index (χ3v) is 4.25. The maximum Gasteiger partial charge on any atom is 0.191 e. The van der Waals surface area contributed by atoms with E-state index in [1.807, 2.05) is 38.1 Å². The van der Waals surface area contributed by atoms with E-state index in [0.717, 1.165) is 11.3 Å². The minimum atomic E-state index is -2.94. The molecular formula is C16H27N3O3S. The minimum Gasteiger partial charge on any atom is -0.491 e. The standard InChI is InChI=1S/C16H27N3O3S/c1-13-7-5-6-8-15(13)22-11-10-18-16(17-3)19-14(2)9-12-23(4,20)21/h5-8,14H,9-12H2,1-4H3,(H2,17,18,19). The maximum atomic E-state index is 11.2. The van der Waals surface area contributed by atoms with Gasteiger partial charge in [0.05, 0.1) is 12.3 Å². The van der Waals surface area contributed by atoms with E-state index in [-0.39, 0.29) is 11.8 Å². The molecule has 0 aromatic heterocycles. The van der Waals surface area contributed by atoms with Crippen molar-refractivity contribution < 1.29 is 13.2 Å². The lowest BCUT2D eigenvalue weighted by molar-refractivity contribution is 0.319. The summed E-state index contributed by atoms with van der Waals surface area (Å²) in [5.74, 6) is 1.67. The first kappa shape index (κ1) is 19.3. The van der Waals surface area contributed by atoms with Gasteiger partial charge in [0.1, 0.15) is 22.2 Å². The van der Waals surface area contributed by atoms with Gasteiger partial charge in [-0.1, -0.05) is 18.2 Å². The van der Waals surface area contributed by atoms with Crippen LogP contribution in [0.2, 0.25) is 0 Å². The monoisotopic (exact) mass is 341 g/mol. The number of aryl methyl sites for hydroxylation is 1. The van der Waals surface area contributed by atoms with Crippen molar-refractivity contribution in [2.24, 2.45) is 4.99 Å². The molecule has 1 atom stereocenters. The maximum absolute atomic E-state index is 11.2. The smallest absolute Gasteiger partial charge is 0.191 e. The van der Waals surface area contributed by atoms with Crippen molar-refractivity contribution in [3.63, 3.8) is 0 Å². The van der Waals surface area contributed by atoms with Gasteiger partial charge in [-0.25, -0.2) is 8.42 Å². The van der Waals surface area contributed by atoms with Crippen LogP contribution in [0, 0.1) is 6.92 Å². The first-order valence-corrected chi connectivity index (χ1v) is 9.71. The van der Waals surface area contributed by atoms with Gasteiger partial charge < -0.3 is 15.4 Å². The van der Waals surface area contributed by atoms with Crippen LogP contribution in [-0.2, 0) is 9.84 Å². The molecule has 0 amide bonds. The number of para-hydroxylation sites is 1. The lowest BCUT2D eigenvalue weighted by Gasteiger charge is -2.18. The zero-order valence-electron chi connectivity index (χ0n) is 14.3. The highest BCUT2D eigenvalue weighted by Gasteiger charge is 2.09. The Morgan fingerprint density at radius 2 is 2.04 bits per heavy atom. The number of hydrogen-bond donors (Lipinski definition) is 2. The van der Waals surface area contributed by atoms with Gasteiger partial charge in [-0.2, -0.15) is 0 Å². The molecule has 0 aliphatic carbocycles. The molecule has 7 heteroatoms. The lowest BCUT2D eigenvalue weighted by atomic mass is 10.2. The molecule has 2 N–H and O–H groups in total. The summed E-state index contributed by atoms with van der Waals surface area (Å²) in [4.78, 5) is 4.12. The molecule has 0 bridgehead atoms. The van der Waals surface area contributed by atoms with Gasteiger partial charge in [0.2, 0.25) is 0 Å². The van der Waals surface area contributed by atoms with Crippen molar-refractivity contribution in [2.75, 3.05) is 32.2 Å². The molecule has 6 nitrogen and oxygen atoms in total. The zero-order chi connectivity index (χ0) is 17.3. The van der Waals surface area contributed by atoms with E-state index in [2.05, 4.69) is 15.6 Å². The largest absolute Gasteiger partial charge is 0.491 e. The molecule has 0 radical (unpaired) electrons. The van der Waals surface area contributed by atoms with Gasteiger partial charge in [0, 0.05) is 19.3 Å². The Hall–Kier alpha value is -1.76. The quantitative estimate of drug-likeness (QED) is 0.424. The van der Waals surface area contributed by atoms with Crippen molar-refractivity contribution in [3.8, 4) is 5.75 Å². The van der Waals surface area contributed by atoms with Crippen LogP contribution in [0.15, 0.2) is 29.3 Å². The molecular weight excluding hydrogens is 314 g/mol. The molecule has 0 heterocycles. The highest BCUT2D eigenvalue weighted by molar-refractivity contribution is 7.90. The molecule has 0 saturated heterocycles. The van der Waals surface area contributed by atoms with Crippen molar-refractivity contribution >= 4 is 15.8 Å². The first-order chi connectivity index (χ1) is 10.8. The molecule has 1 aromatic rings. The number of hydrogen-bond acceptors (Lipinski definition) is 4. The third-order valence-electron chi connectivity index (χ3n) is 3.27. The molecule has 0 aliphatic rings. The molecule has 1 rings (SSSR count). The van der Waals surface area contributed by atoms with E-state index < -0.39 is 9.84 Å². The molecule has 23 heavy (non-hydrogen) atoms. The Morgan fingerprint density at radius 1 is 1.35 bits per heavy atom. The Kier molecular flexibility index (Phi) is 7.88. The highest BCUT2D eigenvalue weighted by Crippen LogP contribution is 2.15. The number of benzene rings is 1. The van der Waals surface area contributed by atoms with Gasteiger partial charge in [-0.3, -0.25) is 4.99 Å². The minimum absolute atomic E-state index is 0.0215. The van der Waals surface area contributed by atoms with E-state index in [4.69, 9.17) is 4.74 Å². The second kappa shape index (κ2) is 9.39. The van der Waals surface area contributed by atoms with Crippen molar-refractivity contribution in [1.82, 2.24) is 10.6 Å². The van der Waals surface area contributed by atoms with Crippen molar-refractivity contribution in [1.29, 1.82) is 0 Å². The first-order valence-electron chi connectivity index (χ1n) is 7.65. The number of guanidine groups is 1. The average molecular weight is 341 g/mol. The summed E-state index contributed by atoms with van der Waals surface area (Å²) in [6.07, 6.45) is 1.79. The zero-order valence-corrected chi connectivity index (χ0v) is 15.1. The van der Waals surface area contributed by atoms with Crippen LogP contribution in [0.5, 0.6) is 5.75 Å². The topological polar surface area (TPSA) is 79.8 Å². The van der Waals surface area contributed by atoms with E-state index in [0.29, 0.717) is 25.5 Å². The second-order valence-corrected chi connectivity index (χ2v) is 7.84. The molecule has 1 unspecified atom stereocenters. The van der Waals surface area contributed by atoms with Crippen LogP contribution in [-0.4, -0.2) is 52.6 Å². The Balaban J connectivity index is 2.30. The molecule has 0 spiro atoms. The van der Waals surface area contributed by atoms with Crippen LogP contribution >= 0.6 is 0 Å². The summed E-state index contributed by atoms with van der Waals surface area (Å²) < 4.78 is 28.1. The number of aliphatic imine (C=N–C) groups is 1. The SMILES string of the molecule is CN=C(NCCOc1ccccc1C)NC(C)CCS(C)(=O)=O. The Labute approximate surface area is 139 Å². The number of nitrogens with zero attached hydrogens (tertiary/aromatic N) is 1. The summed E-state index contributed by atoms with van der Waals surface area (Å²) in [6.45, 7) is 5.06. The summed E-state index contributed by atoms with van der Waals surface area (Å²) >= 11 is 0. The molecule has 0 saturated carbocycles. The number of rotatable bonds is 8. The summed E-state index contributed by atoms with van der Waals surface area (Å²) in [5, 5.41) is 6.32. The summed E-state index contributed by atoms with van der Waals surface area (Å²) in [7, 11) is -1.26.